The van der Waals surface area contributed by atoms with Gasteiger partial charge in [-0.2, -0.15) is 0 Å². The highest BCUT2D eigenvalue weighted by Gasteiger charge is 2.14. The number of anilines is 2. The lowest BCUT2D eigenvalue weighted by Gasteiger charge is -2.26. The third-order valence-corrected chi connectivity index (χ3v) is 2.99. The summed E-state index contributed by atoms with van der Waals surface area (Å²) in [4.78, 5) is 2.08. The van der Waals surface area contributed by atoms with Gasteiger partial charge in [-0.25, -0.2) is 0 Å². The normalized spacial score (nSPS) is 10.8. The zero-order chi connectivity index (χ0) is 13.0. The number of rotatable bonds is 5. The SMILES string of the molecule is CCN(CC)c1ccc(C(C)C)cc1N(O)O. The predicted octanol–water partition coefficient (Wildman–Crippen LogP) is 3.24. The van der Waals surface area contributed by atoms with E-state index in [0.29, 0.717) is 11.6 Å². The highest BCUT2D eigenvalue weighted by Crippen LogP contribution is 2.31. The molecule has 0 aliphatic heterocycles. The average Bonchev–Trinajstić information content (AvgIpc) is 2.30. The van der Waals surface area contributed by atoms with E-state index in [9.17, 15) is 10.4 Å². The van der Waals surface area contributed by atoms with Gasteiger partial charge < -0.3 is 4.90 Å². The molecule has 0 aromatic heterocycles. The molecule has 0 fully saturated rings. The lowest BCUT2D eigenvalue weighted by molar-refractivity contribution is 0.0293. The number of nitrogens with zero attached hydrogens (tertiary/aromatic N) is 2. The van der Waals surface area contributed by atoms with Crippen molar-refractivity contribution in [2.24, 2.45) is 0 Å². The van der Waals surface area contributed by atoms with Crippen LogP contribution in [0.15, 0.2) is 18.2 Å². The summed E-state index contributed by atoms with van der Waals surface area (Å²) in [7, 11) is 0. The molecule has 4 heteroatoms. The van der Waals surface area contributed by atoms with Gasteiger partial charge in [0.2, 0.25) is 0 Å². The van der Waals surface area contributed by atoms with Gasteiger partial charge in [0.05, 0.1) is 5.69 Å². The molecule has 0 saturated carbocycles. The Bertz CT molecular complexity index is 360. The standard InChI is InChI=1S/C13H22N2O2/c1-5-14(6-2)12-8-7-11(10(3)4)9-13(12)15(16)17/h7-10,16-17H,5-6H2,1-4H3. The van der Waals surface area contributed by atoms with E-state index in [1.807, 2.05) is 32.0 Å². The molecule has 0 saturated heterocycles. The Labute approximate surface area is 103 Å². The van der Waals surface area contributed by atoms with Crippen LogP contribution in [0.4, 0.5) is 11.4 Å². The highest BCUT2D eigenvalue weighted by molar-refractivity contribution is 5.70. The first-order valence-electron chi connectivity index (χ1n) is 6.08. The fourth-order valence-corrected chi connectivity index (χ4v) is 1.89. The summed E-state index contributed by atoms with van der Waals surface area (Å²) in [5.74, 6) is 0.361. The molecule has 0 amide bonds. The summed E-state index contributed by atoms with van der Waals surface area (Å²) >= 11 is 0. The van der Waals surface area contributed by atoms with Gasteiger partial charge in [-0.1, -0.05) is 19.9 Å². The third-order valence-electron chi connectivity index (χ3n) is 2.99. The average molecular weight is 238 g/mol. The van der Waals surface area contributed by atoms with Crippen LogP contribution >= 0.6 is 0 Å². The van der Waals surface area contributed by atoms with Gasteiger partial charge in [-0.05, 0) is 37.5 Å². The molecule has 96 valence electrons. The van der Waals surface area contributed by atoms with E-state index in [4.69, 9.17) is 0 Å². The number of benzene rings is 1. The van der Waals surface area contributed by atoms with E-state index < -0.39 is 0 Å². The molecule has 0 heterocycles. The van der Waals surface area contributed by atoms with Crippen LogP contribution in [0.1, 0.15) is 39.2 Å². The zero-order valence-electron chi connectivity index (χ0n) is 11.0. The maximum atomic E-state index is 9.31. The fourth-order valence-electron chi connectivity index (χ4n) is 1.89. The van der Waals surface area contributed by atoms with Crippen LogP contribution in [-0.4, -0.2) is 23.5 Å². The molecule has 0 atom stereocenters. The summed E-state index contributed by atoms with van der Waals surface area (Å²) in [5, 5.41) is 18.8. The summed E-state index contributed by atoms with van der Waals surface area (Å²) in [6.45, 7) is 9.91. The summed E-state index contributed by atoms with van der Waals surface area (Å²) in [6, 6.07) is 5.79. The first-order valence-corrected chi connectivity index (χ1v) is 6.08. The second kappa shape index (κ2) is 5.89. The molecular weight excluding hydrogens is 216 g/mol. The lowest BCUT2D eigenvalue weighted by atomic mass is 10.0. The van der Waals surface area contributed by atoms with Crippen molar-refractivity contribution in [2.75, 3.05) is 23.2 Å². The largest absolute Gasteiger partial charge is 0.370 e. The summed E-state index contributed by atoms with van der Waals surface area (Å²) < 4.78 is 0. The molecule has 4 nitrogen and oxygen atoms in total. The van der Waals surface area contributed by atoms with Crippen LogP contribution < -0.4 is 10.1 Å². The zero-order valence-corrected chi connectivity index (χ0v) is 11.0. The molecule has 0 aliphatic carbocycles. The molecule has 2 N–H and O–H groups in total. The minimum atomic E-state index is 0.208. The van der Waals surface area contributed by atoms with Crippen LogP contribution in [0.3, 0.4) is 0 Å². The Morgan fingerprint density at radius 2 is 1.65 bits per heavy atom. The third kappa shape index (κ3) is 3.11. The van der Waals surface area contributed by atoms with Crippen molar-refractivity contribution in [3.05, 3.63) is 23.8 Å². The van der Waals surface area contributed by atoms with E-state index in [-0.39, 0.29) is 5.23 Å². The second-order valence-electron chi connectivity index (χ2n) is 4.36. The van der Waals surface area contributed by atoms with E-state index in [0.717, 1.165) is 24.3 Å². The van der Waals surface area contributed by atoms with Crippen molar-refractivity contribution in [3.63, 3.8) is 0 Å². The van der Waals surface area contributed by atoms with Crippen molar-refractivity contribution in [1.82, 2.24) is 0 Å². The fraction of sp³-hybridized carbons (Fsp3) is 0.538. The van der Waals surface area contributed by atoms with Crippen LogP contribution in [0.5, 0.6) is 0 Å². The van der Waals surface area contributed by atoms with E-state index in [2.05, 4.69) is 18.7 Å². The molecule has 1 aromatic rings. The van der Waals surface area contributed by atoms with Crippen LogP contribution in [-0.2, 0) is 0 Å². The smallest absolute Gasteiger partial charge is 0.118 e. The molecule has 0 bridgehead atoms. The van der Waals surface area contributed by atoms with Gasteiger partial charge in [-0.15, -0.1) is 5.23 Å². The van der Waals surface area contributed by atoms with Crippen LogP contribution in [0, 0.1) is 0 Å². The predicted molar refractivity (Wildman–Crippen MR) is 70.1 cm³/mol. The topological polar surface area (TPSA) is 46.9 Å². The molecule has 17 heavy (non-hydrogen) atoms. The van der Waals surface area contributed by atoms with Gasteiger partial charge in [0.25, 0.3) is 0 Å². The van der Waals surface area contributed by atoms with Crippen LogP contribution in [0.2, 0.25) is 0 Å². The Kier molecular flexibility index (Phi) is 4.78. The van der Waals surface area contributed by atoms with Gasteiger partial charge in [-0.3, -0.25) is 10.4 Å². The van der Waals surface area contributed by atoms with E-state index in [1.54, 1.807) is 0 Å². The van der Waals surface area contributed by atoms with Gasteiger partial charge >= 0.3 is 0 Å². The van der Waals surface area contributed by atoms with Crippen molar-refractivity contribution in [2.45, 2.75) is 33.6 Å². The molecule has 0 spiro atoms. The molecule has 0 aliphatic rings. The summed E-state index contributed by atoms with van der Waals surface area (Å²) in [5.41, 5.74) is 2.35. The maximum absolute atomic E-state index is 9.31. The Morgan fingerprint density at radius 3 is 2.06 bits per heavy atom. The molecule has 1 rings (SSSR count). The minimum Gasteiger partial charge on any atom is -0.370 e. The molecule has 1 aromatic carbocycles. The Morgan fingerprint density at radius 1 is 1.06 bits per heavy atom. The monoisotopic (exact) mass is 238 g/mol. The van der Waals surface area contributed by atoms with Gasteiger partial charge in [0.1, 0.15) is 5.69 Å². The van der Waals surface area contributed by atoms with Crippen molar-refractivity contribution < 1.29 is 10.4 Å². The van der Waals surface area contributed by atoms with E-state index >= 15 is 0 Å². The first kappa shape index (κ1) is 13.8. The minimum absolute atomic E-state index is 0.208. The second-order valence-corrected chi connectivity index (χ2v) is 4.36. The maximum Gasteiger partial charge on any atom is 0.118 e. The van der Waals surface area contributed by atoms with Gasteiger partial charge in [0.15, 0.2) is 0 Å². The van der Waals surface area contributed by atoms with Crippen molar-refractivity contribution >= 4 is 11.4 Å². The van der Waals surface area contributed by atoms with E-state index in [1.165, 1.54) is 0 Å². The lowest BCUT2D eigenvalue weighted by Crippen LogP contribution is -2.25. The first-order chi connectivity index (χ1) is 8.01. The molecule has 0 radical (unpaired) electrons. The van der Waals surface area contributed by atoms with Crippen molar-refractivity contribution in [3.8, 4) is 0 Å². The number of hydrogen-bond acceptors (Lipinski definition) is 4. The molecular formula is C13H22N2O2. The Balaban J connectivity index is 3.21. The Hall–Kier alpha value is -1.26. The van der Waals surface area contributed by atoms with Crippen molar-refractivity contribution in [1.29, 1.82) is 0 Å². The number of hydrogen-bond donors (Lipinski definition) is 2. The van der Waals surface area contributed by atoms with Gasteiger partial charge in [0, 0.05) is 13.1 Å². The quantitative estimate of drug-likeness (QED) is 0.773. The molecule has 0 unspecified atom stereocenters. The highest BCUT2D eigenvalue weighted by atomic mass is 16.8. The summed E-state index contributed by atoms with van der Waals surface area (Å²) in [6.07, 6.45) is 0. The van der Waals surface area contributed by atoms with Crippen LogP contribution in [0.25, 0.3) is 0 Å².